The lowest BCUT2D eigenvalue weighted by atomic mass is 10.0. The van der Waals surface area contributed by atoms with Gasteiger partial charge in [-0.05, 0) is 30.3 Å². The minimum atomic E-state index is -4.52. The van der Waals surface area contributed by atoms with Gasteiger partial charge in [-0.25, -0.2) is 13.4 Å². The predicted molar refractivity (Wildman–Crippen MR) is 128 cm³/mol. The molecule has 2 aromatic carbocycles. The maximum atomic E-state index is 13.4. The molecule has 1 aliphatic heterocycles. The van der Waals surface area contributed by atoms with Crippen molar-refractivity contribution >= 4 is 26.5 Å². The summed E-state index contributed by atoms with van der Waals surface area (Å²) in [5, 5.41) is 1.89. The van der Waals surface area contributed by atoms with Crippen molar-refractivity contribution in [2.75, 3.05) is 11.3 Å². The van der Waals surface area contributed by atoms with Crippen LogP contribution in [0.15, 0.2) is 77.4 Å². The molecule has 36 heavy (non-hydrogen) atoms. The maximum Gasteiger partial charge on any atom is 0.416 e. The lowest BCUT2D eigenvalue weighted by molar-refractivity contribution is -0.137. The summed E-state index contributed by atoms with van der Waals surface area (Å²) in [6.07, 6.45) is -0.181. The van der Waals surface area contributed by atoms with Crippen molar-refractivity contribution in [3.05, 3.63) is 83.6 Å². The van der Waals surface area contributed by atoms with E-state index < -0.39 is 27.9 Å². The third-order valence-corrected chi connectivity index (χ3v) is 7.64. The van der Waals surface area contributed by atoms with Crippen molar-refractivity contribution in [1.29, 1.82) is 0 Å². The zero-order valence-corrected chi connectivity index (χ0v) is 20.0. The number of nitrogens with one attached hydrogen (secondary N) is 1. The van der Waals surface area contributed by atoms with Crippen molar-refractivity contribution < 1.29 is 31.1 Å². The van der Waals surface area contributed by atoms with E-state index in [9.17, 15) is 21.6 Å². The highest BCUT2D eigenvalue weighted by atomic mass is 32.2. The molecule has 1 N–H and O–H groups in total. The fourth-order valence-corrected chi connectivity index (χ4v) is 5.59. The van der Waals surface area contributed by atoms with Crippen LogP contribution in [0.3, 0.4) is 0 Å². The maximum absolute atomic E-state index is 13.4. The highest BCUT2D eigenvalue weighted by Gasteiger charge is 2.32. The van der Waals surface area contributed by atoms with Gasteiger partial charge in [-0.1, -0.05) is 12.1 Å². The van der Waals surface area contributed by atoms with Crippen molar-refractivity contribution in [3.8, 4) is 22.6 Å². The number of hydrogen-bond acceptors (Lipinski definition) is 7. The second kappa shape index (κ2) is 9.43. The van der Waals surface area contributed by atoms with Gasteiger partial charge in [-0.3, -0.25) is 9.71 Å². The molecule has 0 fully saturated rings. The Bertz CT molecular complexity index is 1480. The Labute approximate surface area is 208 Å². The highest BCUT2D eigenvalue weighted by Crippen LogP contribution is 2.42. The Balaban J connectivity index is 1.47. The molecule has 7 nitrogen and oxygen atoms in total. The second-order valence-electron chi connectivity index (χ2n) is 7.84. The van der Waals surface area contributed by atoms with Crippen LogP contribution in [-0.2, 0) is 16.2 Å². The average molecular weight is 534 g/mol. The van der Waals surface area contributed by atoms with Crippen LogP contribution in [0.2, 0.25) is 0 Å². The predicted octanol–water partition coefficient (Wildman–Crippen LogP) is 5.93. The first-order valence-corrected chi connectivity index (χ1v) is 13.0. The fourth-order valence-electron chi connectivity index (χ4n) is 3.78. The van der Waals surface area contributed by atoms with Crippen molar-refractivity contribution in [2.45, 2.75) is 23.6 Å². The third kappa shape index (κ3) is 5.00. The summed E-state index contributed by atoms with van der Waals surface area (Å²) in [5.41, 5.74) is 0.508. The van der Waals surface area contributed by atoms with Gasteiger partial charge < -0.3 is 9.47 Å². The molecular formula is C24H18F3N3O4S2. The molecular weight excluding hydrogens is 515 g/mol. The number of anilines is 1. The molecule has 0 bridgehead atoms. The number of ether oxygens (including phenoxy) is 2. The van der Waals surface area contributed by atoms with E-state index in [2.05, 4.69) is 14.7 Å². The largest absolute Gasteiger partial charge is 0.493 e. The summed E-state index contributed by atoms with van der Waals surface area (Å²) >= 11 is 1.15. The Kier molecular flexibility index (Phi) is 6.31. The number of sulfonamides is 1. The SMILES string of the molecule is O=S(=O)(Nc1nccs1)c1ccc2c(c1)OCC[C@H]2Oc1ccc(C(F)(F)F)cc1-c1cccnc1. The van der Waals surface area contributed by atoms with E-state index in [0.717, 1.165) is 23.5 Å². The molecule has 5 rings (SSSR count). The minimum Gasteiger partial charge on any atom is -0.493 e. The van der Waals surface area contributed by atoms with Gasteiger partial charge in [0.05, 0.1) is 17.1 Å². The minimum absolute atomic E-state index is 0.0114. The van der Waals surface area contributed by atoms with Crippen LogP contribution in [0.4, 0.5) is 18.3 Å². The van der Waals surface area contributed by atoms with Crippen molar-refractivity contribution in [3.63, 3.8) is 0 Å². The molecule has 3 heterocycles. The Morgan fingerprint density at radius 2 is 1.97 bits per heavy atom. The molecule has 0 saturated carbocycles. The van der Waals surface area contributed by atoms with E-state index in [0.29, 0.717) is 23.3 Å². The number of fused-ring (bicyclic) bond motifs is 1. The second-order valence-corrected chi connectivity index (χ2v) is 10.4. The number of alkyl halides is 3. The Morgan fingerprint density at radius 1 is 1.11 bits per heavy atom. The van der Waals surface area contributed by atoms with Crippen LogP contribution in [-0.4, -0.2) is 25.0 Å². The van der Waals surface area contributed by atoms with Gasteiger partial charge >= 0.3 is 6.18 Å². The topological polar surface area (TPSA) is 90.4 Å². The van der Waals surface area contributed by atoms with Crippen molar-refractivity contribution in [1.82, 2.24) is 9.97 Å². The number of rotatable bonds is 6. The van der Waals surface area contributed by atoms with Gasteiger partial charge in [-0.2, -0.15) is 13.2 Å². The van der Waals surface area contributed by atoms with Crippen molar-refractivity contribution in [2.24, 2.45) is 0 Å². The molecule has 0 radical (unpaired) electrons. The van der Waals surface area contributed by atoms with Crippen LogP contribution >= 0.6 is 11.3 Å². The van der Waals surface area contributed by atoms with Crippen LogP contribution < -0.4 is 14.2 Å². The average Bonchev–Trinajstić information content (AvgIpc) is 3.36. The van der Waals surface area contributed by atoms with E-state index in [4.69, 9.17) is 9.47 Å². The molecule has 186 valence electrons. The summed E-state index contributed by atoms with van der Waals surface area (Å²) in [6.45, 7) is 0.240. The summed E-state index contributed by atoms with van der Waals surface area (Å²) < 4.78 is 80.0. The molecule has 0 unspecified atom stereocenters. The van der Waals surface area contributed by atoms with Gasteiger partial charge in [0.25, 0.3) is 10.0 Å². The molecule has 1 atom stereocenters. The van der Waals surface area contributed by atoms with Crippen LogP contribution in [0.1, 0.15) is 23.7 Å². The van der Waals surface area contributed by atoms with Crippen LogP contribution in [0, 0.1) is 0 Å². The van der Waals surface area contributed by atoms with E-state index in [-0.39, 0.29) is 27.9 Å². The summed E-state index contributed by atoms with van der Waals surface area (Å²) in [7, 11) is -3.89. The first-order chi connectivity index (χ1) is 17.2. The zero-order chi connectivity index (χ0) is 25.3. The van der Waals surface area contributed by atoms with Crippen LogP contribution in [0.5, 0.6) is 11.5 Å². The molecule has 4 aromatic rings. The summed E-state index contributed by atoms with van der Waals surface area (Å²) in [6, 6.07) is 11.0. The molecule has 0 aliphatic carbocycles. The van der Waals surface area contributed by atoms with E-state index in [1.54, 1.807) is 23.6 Å². The molecule has 0 saturated heterocycles. The number of benzene rings is 2. The highest BCUT2D eigenvalue weighted by molar-refractivity contribution is 7.93. The normalized spacial score (nSPS) is 15.6. The summed E-state index contributed by atoms with van der Waals surface area (Å²) in [5.74, 6) is 0.569. The quantitative estimate of drug-likeness (QED) is 0.331. The zero-order valence-electron chi connectivity index (χ0n) is 18.4. The number of thiazole rings is 1. The van der Waals surface area contributed by atoms with Gasteiger partial charge in [-0.15, -0.1) is 11.3 Å². The molecule has 2 aromatic heterocycles. The number of pyridine rings is 1. The third-order valence-electron chi connectivity index (χ3n) is 5.48. The lowest BCUT2D eigenvalue weighted by Crippen LogP contribution is -2.20. The Morgan fingerprint density at radius 3 is 2.69 bits per heavy atom. The molecule has 0 spiro atoms. The first kappa shape index (κ1) is 24.1. The first-order valence-electron chi connectivity index (χ1n) is 10.7. The monoisotopic (exact) mass is 533 g/mol. The van der Waals surface area contributed by atoms with Crippen LogP contribution in [0.25, 0.3) is 11.1 Å². The summed E-state index contributed by atoms with van der Waals surface area (Å²) in [4.78, 5) is 7.93. The van der Waals surface area contributed by atoms with Gasteiger partial charge in [0.15, 0.2) is 5.13 Å². The van der Waals surface area contributed by atoms with E-state index in [1.165, 1.54) is 36.8 Å². The van der Waals surface area contributed by atoms with Gasteiger partial charge in [0.1, 0.15) is 17.6 Å². The molecule has 1 aliphatic rings. The number of aromatic nitrogens is 2. The van der Waals surface area contributed by atoms with E-state index >= 15 is 0 Å². The van der Waals surface area contributed by atoms with Gasteiger partial charge in [0, 0.05) is 53.1 Å². The smallest absolute Gasteiger partial charge is 0.416 e. The Hall–Kier alpha value is -3.64. The standard InChI is InChI=1S/C24H18F3N3O4S2/c25-24(26,27)16-3-6-20(19(12-16)15-2-1-8-28-14-15)34-21-7-10-33-22-13-17(4-5-18(21)22)36(31,32)30-23-29-9-11-35-23/h1-6,8-9,11-14,21H,7,10H2,(H,29,30)/t21-/m1/s1. The van der Waals surface area contributed by atoms with E-state index in [1.807, 2.05) is 0 Å². The number of halogens is 3. The lowest BCUT2D eigenvalue weighted by Gasteiger charge is -2.28. The molecule has 0 amide bonds. The fraction of sp³-hybridized carbons (Fsp3) is 0.167. The number of nitrogens with zero attached hydrogens (tertiary/aromatic N) is 2. The number of hydrogen-bond donors (Lipinski definition) is 1. The molecule has 12 heteroatoms. The van der Waals surface area contributed by atoms with Gasteiger partial charge in [0.2, 0.25) is 0 Å².